The van der Waals surface area contributed by atoms with Gasteiger partial charge in [-0.2, -0.15) is 0 Å². The average molecular weight is 187 g/mol. The van der Waals surface area contributed by atoms with E-state index >= 15 is 0 Å². The molecule has 3 N–H and O–H groups in total. The Morgan fingerprint density at radius 3 is 2.50 bits per heavy atom. The molecule has 0 amide bonds. The van der Waals surface area contributed by atoms with Crippen molar-refractivity contribution in [2.45, 2.75) is 0 Å². The van der Waals surface area contributed by atoms with E-state index in [0.717, 1.165) is 11.1 Å². The van der Waals surface area contributed by atoms with Crippen molar-refractivity contribution in [2.24, 2.45) is 0 Å². The summed E-state index contributed by atoms with van der Waals surface area (Å²) in [6, 6.07) is 6.80. The third kappa shape index (κ3) is 1.64. The van der Waals surface area contributed by atoms with E-state index in [4.69, 9.17) is 5.73 Å². The topological polar surface area (TPSA) is 71.8 Å². The SMILES string of the molecule is Nc1ccc(-c2ccc(=O)[nH]c2)cn1. The molecule has 4 nitrogen and oxygen atoms in total. The number of nitrogens with two attached hydrogens (primary N) is 1. The van der Waals surface area contributed by atoms with Crippen LogP contribution in [0.15, 0.2) is 41.5 Å². The van der Waals surface area contributed by atoms with Gasteiger partial charge in [-0.25, -0.2) is 4.98 Å². The number of rotatable bonds is 1. The van der Waals surface area contributed by atoms with E-state index in [-0.39, 0.29) is 5.56 Å². The third-order valence-corrected chi connectivity index (χ3v) is 1.90. The molecule has 0 spiro atoms. The van der Waals surface area contributed by atoms with Gasteiger partial charge in [0.1, 0.15) is 5.82 Å². The van der Waals surface area contributed by atoms with Gasteiger partial charge in [0.05, 0.1) is 0 Å². The summed E-state index contributed by atoms with van der Waals surface area (Å²) in [7, 11) is 0. The van der Waals surface area contributed by atoms with Crippen molar-refractivity contribution in [1.82, 2.24) is 9.97 Å². The van der Waals surface area contributed by atoms with Crippen molar-refractivity contribution >= 4 is 5.82 Å². The van der Waals surface area contributed by atoms with Crippen LogP contribution in [-0.2, 0) is 0 Å². The predicted molar refractivity (Wildman–Crippen MR) is 54.7 cm³/mol. The molecule has 0 atom stereocenters. The largest absolute Gasteiger partial charge is 0.384 e. The van der Waals surface area contributed by atoms with Gasteiger partial charge in [0.15, 0.2) is 0 Å². The summed E-state index contributed by atoms with van der Waals surface area (Å²) in [5.41, 5.74) is 7.19. The van der Waals surface area contributed by atoms with E-state index in [0.29, 0.717) is 5.82 Å². The van der Waals surface area contributed by atoms with Gasteiger partial charge in [-0.05, 0) is 23.8 Å². The van der Waals surface area contributed by atoms with Gasteiger partial charge in [-0.15, -0.1) is 0 Å². The van der Waals surface area contributed by atoms with E-state index in [9.17, 15) is 4.79 Å². The number of pyridine rings is 2. The number of anilines is 1. The molecule has 2 rings (SSSR count). The van der Waals surface area contributed by atoms with Gasteiger partial charge in [0.25, 0.3) is 0 Å². The number of hydrogen-bond donors (Lipinski definition) is 2. The molecule has 0 saturated heterocycles. The molecular weight excluding hydrogens is 178 g/mol. The molecule has 0 aliphatic carbocycles. The minimum absolute atomic E-state index is 0.114. The first kappa shape index (κ1) is 8.50. The quantitative estimate of drug-likeness (QED) is 0.700. The first-order valence-electron chi connectivity index (χ1n) is 4.16. The number of nitrogen functional groups attached to an aromatic ring is 1. The van der Waals surface area contributed by atoms with Gasteiger partial charge >= 0.3 is 0 Å². The van der Waals surface area contributed by atoms with Crippen LogP contribution >= 0.6 is 0 Å². The highest BCUT2D eigenvalue weighted by Crippen LogP contribution is 2.16. The summed E-state index contributed by atoms with van der Waals surface area (Å²) in [6.07, 6.45) is 3.32. The number of nitrogens with zero attached hydrogens (tertiary/aromatic N) is 1. The molecule has 70 valence electrons. The summed E-state index contributed by atoms with van der Waals surface area (Å²) < 4.78 is 0. The number of aromatic amines is 1. The standard InChI is InChI=1S/C10H9N3O/c11-9-3-1-7(5-12-9)8-2-4-10(14)13-6-8/h1-6H,(H2,11,12)(H,13,14). The Labute approximate surface area is 80.4 Å². The highest BCUT2D eigenvalue weighted by Gasteiger charge is 1.96. The minimum atomic E-state index is -0.114. The number of nitrogens with one attached hydrogen (secondary N) is 1. The van der Waals surface area contributed by atoms with Gasteiger partial charge in [0, 0.05) is 24.0 Å². The number of H-pyrrole nitrogens is 1. The van der Waals surface area contributed by atoms with Crippen LogP contribution in [0.3, 0.4) is 0 Å². The Hall–Kier alpha value is -2.10. The first-order valence-corrected chi connectivity index (χ1v) is 4.16. The van der Waals surface area contributed by atoms with Crippen LogP contribution in [0.25, 0.3) is 11.1 Å². The molecule has 0 unspecified atom stereocenters. The zero-order valence-corrected chi connectivity index (χ0v) is 7.40. The molecule has 0 aliphatic heterocycles. The molecule has 4 heteroatoms. The molecule has 0 aliphatic rings. The van der Waals surface area contributed by atoms with E-state index in [1.165, 1.54) is 6.07 Å². The molecule has 0 aromatic carbocycles. The second-order valence-corrected chi connectivity index (χ2v) is 2.91. The molecule has 2 aromatic rings. The van der Waals surface area contributed by atoms with Crippen LogP contribution in [0.2, 0.25) is 0 Å². The highest BCUT2D eigenvalue weighted by atomic mass is 16.1. The normalized spacial score (nSPS) is 10.0. The van der Waals surface area contributed by atoms with Crippen molar-refractivity contribution in [3.8, 4) is 11.1 Å². The van der Waals surface area contributed by atoms with E-state index in [1.54, 1.807) is 24.5 Å². The first-order chi connectivity index (χ1) is 6.75. The average Bonchev–Trinajstić information content (AvgIpc) is 2.21. The summed E-state index contributed by atoms with van der Waals surface area (Å²) in [5.74, 6) is 0.484. The van der Waals surface area contributed by atoms with Crippen LogP contribution in [-0.4, -0.2) is 9.97 Å². The molecule has 0 saturated carbocycles. The smallest absolute Gasteiger partial charge is 0.247 e. The Morgan fingerprint density at radius 2 is 1.93 bits per heavy atom. The van der Waals surface area contributed by atoms with Crippen LogP contribution in [0.5, 0.6) is 0 Å². The Balaban J connectivity index is 2.44. The maximum Gasteiger partial charge on any atom is 0.247 e. The lowest BCUT2D eigenvalue weighted by Gasteiger charge is -1.99. The lowest BCUT2D eigenvalue weighted by atomic mass is 10.1. The third-order valence-electron chi connectivity index (χ3n) is 1.90. The van der Waals surface area contributed by atoms with Gasteiger partial charge in [-0.3, -0.25) is 4.79 Å². The summed E-state index contributed by atoms with van der Waals surface area (Å²) in [5, 5.41) is 0. The van der Waals surface area contributed by atoms with Crippen molar-refractivity contribution in [1.29, 1.82) is 0 Å². The maximum absolute atomic E-state index is 10.8. The number of hydrogen-bond acceptors (Lipinski definition) is 3. The predicted octanol–water partition coefficient (Wildman–Crippen LogP) is 1.02. The van der Waals surface area contributed by atoms with Gasteiger partial charge in [0.2, 0.25) is 5.56 Å². The molecule has 2 heterocycles. The lowest BCUT2D eigenvalue weighted by Crippen LogP contribution is -2.01. The van der Waals surface area contributed by atoms with Crippen LogP contribution in [0.4, 0.5) is 5.82 Å². The molecule has 0 bridgehead atoms. The highest BCUT2D eigenvalue weighted by molar-refractivity contribution is 5.62. The lowest BCUT2D eigenvalue weighted by molar-refractivity contribution is 1.23. The maximum atomic E-state index is 10.8. The van der Waals surface area contributed by atoms with E-state index in [1.807, 2.05) is 6.07 Å². The molecule has 0 radical (unpaired) electrons. The van der Waals surface area contributed by atoms with Gasteiger partial charge < -0.3 is 10.7 Å². The van der Waals surface area contributed by atoms with Crippen LogP contribution < -0.4 is 11.3 Å². The fourth-order valence-corrected chi connectivity index (χ4v) is 1.17. The van der Waals surface area contributed by atoms with E-state index < -0.39 is 0 Å². The van der Waals surface area contributed by atoms with Gasteiger partial charge in [-0.1, -0.05) is 0 Å². The second kappa shape index (κ2) is 3.33. The van der Waals surface area contributed by atoms with E-state index in [2.05, 4.69) is 9.97 Å². The second-order valence-electron chi connectivity index (χ2n) is 2.91. The fourth-order valence-electron chi connectivity index (χ4n) is 1.17. The van der Waals surface area contributed by atoms with Crippen molar-refractivity contribution in [3.05, 3.63) is 47.0 Å². The minimum Gasteiger partial charge on any atom is -0.384 e. The monoisotopic (exact) mass is 187 g/mol. The summed E-state index contributed by atoms with van der Waals surface area (Å²) in [6.45, 7) is 0. The van der Waals surface area contributed by atoms with Crippen LogP contribution in [0.1, 0.15) is 0 Å². The molecule has 2 aromatic heterocycles. The van der Waals surface area contributed by atoms with Crippen molar-refractivity contribution < 1.29 is 0 Å². The molecule has 0 fully saturated rings. The fraction of sp³-hybridized carbons (Fsp3) is 0. The number of aromatic nitrogens is 2. The zero-order valence-electron chi connectivity index (χ0n) is 7.40. The van der Waals surface area contributed by atoms with Crippen molar-refractivity contribution in [3.63, 3.8) is 0 Å². The Morgan fingerprint density at radius 1 is 1.14 bits per heavy atom. The van der Waals surface area contributed by atoms with Crippen molar-refractivity contribution in [2.75, 3.05) is 5.73 Å². The Kier molecular flexibility index (Phi) is 2.02. The summed E-state index contributed by atoms with van der Waals surface area (Å²) in [4.78, 5) is 17.4. The Bertz CT molecular complexity index is 467. The molecule has 14 heavy (non-hydrogen) atoms. The summed E-state index contributed by atoms with van der Waals surface area (Å²) >= 11 is 0. The molecular formula is C10H9N3O. The zero-order chi connectivity index (χ0) is 9.97. The van der Waals surface area contributed by atoms with Crippen LogP contribution in [0, 0.1) is 0 Å².